The maximum atomic E-state index is 12.1. The van der Waals surface area contributed by atoms with Gasteiger partial charge in [0.1, 0.15) is 0 Å². The minimum absolute atomic E-state index is 0.0850. The van der Waals surface area contributed by atoms with Gasteiger partial charge in [0, 0.05) is 12.6 Å². The molecule has 1 fully saturated rings. The van der Waals surface area contributed by atoms with Crippen LogP contribution in [0.5, 0.6) is 0 Å². The molecule has 0 aromatic rings. The second-order valence-corrected chi connectivity index (χ2v) is 8.32. The molecule has 0 aromatic heterocycles. The van der Waals surface area contributed by atoms with Crippen molar-refractivity contribution < 1.29 is 9.59 Å². The summed E-state index contributed by atoms with van der Waals surface area (Å²) in [5.41, 5.74) is 11.3. The molecule has 5 heteroatoms. The predicted molar refractivity (Wildman–Crippen MR) is 112 cm³/mol. The van der Waals surface area contributed by atoms with Crippen LogP contribution in [0, 0.1) is 11.8 Å². The molecule has 0 aromatic carbocycles. The average molecular weight is 382 g/mol. The quantitative estimate of drug-likeness (QED) is 0.396. The number of primary amides is 2. The normalized spacial score (nSPS) is 23.0. The highest BCUT2D eigenvalue weighted by Crippen LogP contribution is 2.33. The predicted octanol–water partition coefficient (Wildman–Crippen LogP) is 3.98. The molecule has 3 atom stereocenters. The van der Waals surface area contributed by atoms with Crippen molar-refractivity contribution in [2.24, 2.45) is 23.3 Å². The number of nitrogens with zero attached hydrogens (tertiary/aromatic N) is 1. The lowest BCUT2D eigenvalue weighted by Crippen LogP contribution is -2.41. The second kappa shape index (κ2) is 14.0. The number of hydrogen-bond acceptors (Lipinski definition) is 3. The molecule has 0 saturated carbocycles. The second-order valence-electron chi connectivity index (χ2n) is 8.32. The van der Waals surface area contributed by atoms with Crippen LogP contribution in [0.15, 0.2) is 0 Å². The molecule has 0 bridgehead atoms. The van der Waals surface area contributed by atoms with Crippen LogP contribution in [0.3, 0.4) is 0 Å². The van der Waals surface area contributed by atoms with Crippen molar-refractivity contribution in [3.05, 3.63) is 0 Å². The first-order valence-corrected chi connectivity index (χ1v) is 11.4. The Labute approximate surface area is 166 Å². The summed E-state index contributed by atoms with van der Waals surface area (Å²) in [5, 5.41) is 0. The minimum Gasteiger partial charge on any atom is -0.369 e. The fraction of sp³-hybridized carbons (Fsp3) is 0.909. The van der Waals surface area contributed by atoms with Gasteiger partial charge in [-0.1, -0.05) is 84.5 Å². The van der Waals surface area contributed by atoms with E-state index in [2.05, 4.69) is 18.7 Å². The van der Waals surface area contributed by atoms with E-state index >= 15 is 0 Å². The molecular formula is C22H43N3O2. The third-order valence-electron chi connectivity index (χ3n) is 6.09. The van der Waals surface area contributed by atoms with Crippen molar-refractivity contribution in [2.45, 2.75) is 103 Å². The molecule has 1 saturated heterocycles. The number of nitrogens with two attached hydrogens (primary N) is 2. The Balaban J connectivity index is 2.55. The summed E-state index contributed by atoms with van der Waals surface area (Å²) in [5.74, 6) is -1.58. The highest BCUT2D eigenvalue weighted by atomic mass is 16.2. The summed E-state index contributed by atoms with van der Waals surface area (Å²) in [7, 11) is 0. The molecule has 1 heterocycles. The summed E-state index contributed by atoms with van der Waals surface area (Å²) in [4.78, 5) is 26.3. The zero-order valence-corrected chi connectivity index (χ0v) is 17.8. The lowest BCUT2D eigenvalue weighted by Gasteiger charge is -2.27. The van der Waals surface area contributed by atoms with Crippen LogP contribution in [-0.4, -0.2) is 35.8 Å². The Hall–Kier alpha value is -1.10. The van der Waals surface area contributed by atoms with Gasteiger partial charge in [0.15, 0.2) is 0 Å². The number of unbranched alkanes of at least 4 members (excludes halogenated alkanes) is 10. The van der Waals surface area contributed by atoms with E-state index in [1.54, 1.807) is 0 Å². The maximum Gasteiger partial charge on any atom is 0.222 e. The third-order valence-corrected chi connectivity index (χ3v) is 6.09. The molecule has 0 aliphatic carbocycles. The van der Waals surface area contributed by atoms with Gasteiger partial charge in [0.05, 0.1) is 11.8 Å². The first kappa shape index (κ1) is 23.9. The number of carbonyl (C=O) groups is 2. The Morgan fingerprint density at radius 3 is 1.81 bits per heavy atom. The lowest BCUT2D eigenvalue weighted by molar-refractivity contribution is -0.130. The highest BCUT2D eigenvalue weighted by molar-refractivity contribution is 5.87. The first-order valence-electron chi connectivity index (χ1n) is 11.4. The summed E-state index contributed by atoms with van der Waals surface area (Å²) < 4.78 is 0. The fourth-order valence-electron chi connectivity index (χ4n) is 4.50. The molecule has 158 valence electrons. The molecule has 0 radical (unpaired) electrons. The van der Waals surface area contributed by atoms with Crippen LogP contribution in [0.4, 0.5) is 0 Å². The van der Waals surface area contributed by atoms with E-state index < -0.39 is 11.8 Å². The van der Waals surface area contributed by atoms with Gasteiger partial charge in [0.25, 0.3) is 0 Å². The zero-order chi connectivity index (χ0) is 20.1. The van der Waals surface area contributed by atoms with Crippen LogP contribution in [0.1, 0.15) is 97.3 Å². The van der Waals surface area contributed by atoms with Gasteiger partial charge < -0.3 is 11.5 Å². The molecule has 1 aliphatic heterocycles. The van der Waals surface area contributed by atoms with E-state index in [0.29, 0.717) is 6.54 Å². The van der Waals surface area contributed by atoms with Crippen LogP contribution in [0.25, 0.3) is 0 Å². The number of likely N-dealkylation sites (tertiary alicyclic amines) is 1. The van der Waals surface area contributed by atoms with E-state index in [9.17, 15) is 9.59 Å². The maximum absolute atomic E-state index is 12.1. The van der Waals surface area contributed by atoms with Crippen molar-refractivity contribution in [2.75, 3.05) is 13.1 Å². The van der Waals surface area contributed by atoms with Gasteiger partial charge in [-0.2, -0.15) is 0 Å². The molecule has 1 rings (SSSR count). The molecule has 1 aliphatic rings. The van der Waals surface area contributed by atoms with Crippen LogP contribution < -0.4 is 11.5 Å². The monoisotopic (exact) mass is 381 g/mol. The fourth-order valence-corrected chi connectivity index (χ4v) is 4.50. The Kier molecular flexibility index (Phi) is 12.4. The zero-order valence-electron chi connectivity index (χ0n) is 17.8. The van der Waals surface area contributed by atoms with E-state index in [0.717, 1.165) is 25.8 Å². The largest absolute Gasteiger partial charge is 0.369 e. The Bertz CT molecular complexity index is 428. The number of carbonyl (C=O) groups excluding carboxylic acids is 2. The van der Waals surface area contributed by atoms with Gasteiger partial charge in [0.2, 0.25) is 11.8 Å². The van der Waals surface area contributed by atoms with Gasteiger partial charge in [-0.05, 0) is 19.4 Å². The summed E-state index contributed by atoms with van der Waals surface area (Å²) >= 11 is 0. The number of hydrogen-bond donors (Lipinski definition) is 2. The lowest BCUT2D eigenvalue weighted by atomic mass is 9.86. The van der Waals surface area contributed by atoms with Gasteiger partial charge >= 0.3 is 0 Å². The topological polar surface area (TPSA) is 89.4 Å². The summed E-state index contributed by atoms with van der Waals surface area (Å²) in [6.45, 7) is 5.99. The third kappa shape index (κ3) is 8.63. The smallest absolute Gasteiger partial charge is 0.222 e. The van der Waals surface area contributed by atoms with Gasteiger partial charge in [-0.25, -0.2) is 0 Å². The Morgan fingerprint density at radius 2 is 1.30 bits per heavy atom. The number of rotatable bonds is 16. The summed E-state index contributed by atoms with van der Waals surface area (Å²) in [6.07, 6.45) is 15.8. The molecular weight excluding hydrogens is 338 g/mol. The molecule has 4 N–H and O–H groups in total. The molecule has 27 heavy (non-hydrogen) atoms. The SMILES string of the molecule is CCCCCCCCC1C(C(N)=O)C(C(N)=O)CN1CCCCCCCC. The molecule has 0 spiro atoms. The highest BCUT2D eigenvalue weighted by Gasteiger charge is 2.46. The Morgan fingerprint density at radius 1 is 0.778 bits per heavy atom. The molecule has 3 unspecified atom stereocenters. The van der Waals surface area contributed by atoms with Crippen LogP contribution >= 0.6 is 0 Å². The standard InChI is InChI=1S/C22H43N3O2/c1-3-5-7-9-11-13-15-19-20(22(24)27)18(21(23)26)17-25(19)16-14-12-10-8-6-4-2/h18-20H,3-17H2,1-2H3,(H2,23,26)(H2,24,27). The number of amides is 2. The van der Waals surface area contributed by atoms with E-state index in [-0.39, 0.29) is 17.9 Å². The van der Waals surface area contributed by atoms with Gasteiger partial charge in [-0.15, -0.1) is 0 Å². The van der Waals surface area contributed by atoms with Crippen LogP contribution in [0.2, 0.25) is 0 Å². The average Bonchev–Trinajstić information content (AvgIpc) is 3.00. The van der Waals surface area contributed by atoms with Crippen molar-refractivity contribution in [1.82, 2.24) is 4.90 Å². The molecule has 2 amide bonds. The molecule has 5 nitrogen and oxygen atoms in total. The van der Waals surface area contributed by atoms with Gasteiger partial charge in [-0.3, -0.25) is 14.5 Å². The van der Waals surface area contributed by atoms with Crippen molar-refractivity contribution in [1.29, 1.82) is 0 Å². The van der Waals surface area contributed by atoms with E-state index in [4.69, 9.17) is 11.5 Å². The van der Waals surface area contributed by atoms with E-state index in [1.165, 1.54) is 64.2 Å². The minimum atomic E-state index is -0.423. The van der Waals surface area contributed by atoms with Crippen molar-refractivity contribution >= 4 is 11.8 Å². The first-order chi connectivity index (χ1) is 13.0. The van der Waals surface area contributed by atoms with Crippen LogP contribution in [-0.2, 0) is 9.59 Å². The summed E-state index contributed by atoms with van der Waals surface area (Å²) in [6, 6.07) is 0.0850. The van der Waals surface area contributed by atoms with E-state index in [1.807, 2.05) is 0 Å². The van der Waals surface area contributed by atoms with Crippen molar-refractivity contribution in [3.8, 4) is 0 Å². The van der Waals surface area contributed by atoms with Crippen molar-refractivity contribution in [3.63, 3.8) is 0 Å².